The molecule has 1 N–H and O–H groups in total. The lowest BCUT2D eigenvalue weighted by atomic mass is 9.77. The normalized spacial score (nSPS) is 19.2. The highest BCUT2D eigenvalue weighted by molar-refractivity contribution is 5.42. The molecule has 9 nitrogen and oxygen atoms in total. The van der Waals surface area contributed by atoms with E-state index >= 15 is 0 Å². The summed E-state index contributed by atoms with van der Waals surface area (Å²) < 4.78 is 10.3. The van der Waals surface area contributed by atoms with Crippen molar-refractivity contribution in [3.63, 3.8) is 0 Å². The molecule has 2 aromatic heterocycles. The first kappa shape index (κ1) is 21.3. The van der Waals surface area contributed by atoms with Gasteiger partial charge < -0.3 is 24.4 Å². The summed E-state index contributed by atoms with van der Waals surface area (Å²) in [6.45, 7) is 4.36. The van der Waals surface area contributed by atoms with Gasteiger partial charge in [-0.05, 0) is 43.8 Å². The van der Waals surface area contributed by atoms with E-state index in [9.17, 15) is 5.11 Å². The van der Waals surface area contributed by atoms with Gasteiger partial charge in [0.15, 0.2) is 5.82 Å². The SMILES string of the molecule is COc1ccc(N2CCC3(CCN(CC(O)c4cc(OC)c(C#N)cn4)CC3)C2)nn1. The molecular weight excluding hydrogens is 396 g/mol. The topological polar surface area (TPSA) is 108 Å². The summed E-state index contributed by atoms with van der Waals surface area (Å²) in [5.74, 6) is 1.87. The summed E-state index contributed by atoms with van der Waals surface area (Å²) in [5.41, 5.74) is 1.19. The molecule has 1 spiro atoms. The summed E-state index contributed by atoms with van der Waals surface area (Å²) in [6, 6.07) is 7.52. The smallest absolute Gasteiger partial charge is 0.233 e. The van der Waals surface area contributed by atoms with Crippen LogP contribution in [0, 0.1) is 16.7 Å². The molecule has 0 bridgehead atoms. The van der Waals surface area contributed by atoms with E-state index in [-0.39, 0.29) is 0 Å². The van der Waals surface area contributed by atoms with E-state index in [0.29, 0.717) is 34.8 Å². The lowest BCUT2D eigenvalue weighted by molar-refractivity contribution is 0.0632. The van der Waals surface area contributed by atoms with E-state index in [0.717, 1.165) is 51.3 Å². The Morgan fingerprint density at radius 2 is 1.94 bits per heavy atom. The van der Waals surface area contributed by atoms with E-state index in [1.165, 1.54) is 13.3 Å². The quantitative estimate of drug-likeness (QED) is 0.742. The maximum atomic E-state index is 10.7. The molecular formula is C22H28N6O3. The highest BCUT2D eigenvalue weighted by atomic mass is 16.5. The lowest BCUT2D eigenvalue weighted by Gasteiger charge is -2.39. The van der Waals surface area contributed by atoms with E-state index in [2.05, 4.69) is 25.0 Å². The third-order valence-corrected chi connectivity index (χ3v) is 6.51. The number of likely N-dealkylation sites (tertiary alicyclic amines) is 1. The second-order valence-electron chi connectivity index (χ2n) is 8.34. The molecule has 0 aromatic carbocycles. The Morgan fingerprint density at radius 3 is 2.58 bits per heavy atom. The first-order valence-electron chi connectivity index (χ1n) is 10.5. The highest BCUT2D eigenvalue weighted by Crippen LogP contribution is 2.41. The fourth-order valence-corrected chi connectivity index (χ4v) is 4.56. The Morgan fingerprint density at radius 1 is 1.16 bits per heavy atom. The number of aliphatic hydroxyl groups is 1. The van der Waals surface area contributed by atoms with Gasteiger partial charge in [0.2, 0.25) is 5.88 Å². The van der Waals surface area contributed by atoms with Gasteiger partial charge in [-0.3, -0.25) is 4.98 Å². The molecule has 1 atom stereocenters. The number of nitriles is 1. The monoisotopic (exact) mass is 424 g/mol. The third-order valence-electron chi connectivity index (χ3n) is 6.51. The number of piperidine rings is 1. The minimum Gasteiger partial charge on any atom is -0.495 e. The Hall–Kier alpha value is -2.96. The molecule has 4 rings (SSSR count). The van der Waals surface area contributed by atoms with Crippen LogP contribution < -0.4 is 14.4 Å². The minimum absolute atomic E-state index is 0.291. The van der Waals surface area contributed by atoms with Crippen LogP contribution in [0.2, 0.25) is 0 Å². The average Bonchev–Trinajstić information content (AvgIpc) is 3.23. The van der Waals surface area contributed by atoms with Gasteiger partial charge in [0.05, 0.1) is 19.9 Å². The summed E-state index contributed by atoms with van der Waals surface area (Å²) >= 11 is 0. The van der Waals surface area contributed by atoms with Crippen molar-refractivity contribution in [1.82, 2.24) is 20.1 Å². The first-order chi connectivity index (χ1) is 15.1. The summed E-state index contributed by atoms with van der Waals surface area (Å²) in [6.07, 6.45) is 4.06. The molecule has 2 fully saturated rings. The van der Waals surface area contributed by atoms with Crippen LogP contribution in [0.5, 0.6) is 11.6 Å². The van der Waals surface area contributed by atoms with Crippen molar-refractivity contribution in [1.29, 1.82) is 5.26 Å². The number of rotatable bonds is 6. The number of hydrogen-bond donors (Lipinski definition) is 1. The fraction of sp³-hybridized carbons (Fsp3) is 0.545. The van der Waals surface area contributed by atoms with Crippen LogP contribution in [0.15, 0.2) is 24.4 Å². The molecule has 164 valence electrons. The largest absolute Gasteiger partial charge is 0.495 e. The van der Waals surface area contributed by atoms with Crippen LogP contribution in [0.1, 0.15) is 36.6 Å². The molecule has 1 unspecified atom stereocenters. The number of aliphatic hydroxyl groups excluding tert-OH is 1. The van der Waals surface area contributed by atoms with Gasteiger partial charge in [-0.2, -0.15) is 5.26 Å². The van der Waals surface area contributed by atoms with E-state index in [4.69, 9.17) is 14.7 Å². The molecule has 0 amide bonds. The van der Waals surface area contributed by atoms with Gasteiger partial charge in [0.25, 0.3) is 0 Å². The maximum absolute atomic E-state index is 10.7. The van der Waals surface area contributed by atoms with Crippen LogP contribution in [0.3, 0.4) is 0 Å². The van der Waals surface area contributed by atoms with Crippen molar-refractivity contribution < 1.29 is 14.6 Å². The van der Waals surface area contributed by atoms with Crippen molar-refractivity contribution in [2.45, 2.75) is 25.4 Å². The number of β-amino-alcohol motifs (C(OH)–C–C–N with tert-alkyl or cyclic N) is 1. The lowest BCUT2D eigenvalue weighted by Crippen LogP contribution is -2.43. The number of methoxy groups -OCH3 is 2. The van der Waals surface area contributed by atoms with Crippen LogP contribution in [-0.4, -0.2) is 72.1 Å². The number of nitrogens with zero attached hydrogens (tertiary/aromatic N) is 6. The van der Waals surface area contributed by atoms with E-state index < -0.39 is 6.10 Å². The molecule has 4 heterocycles. The van der Waals surface area contributed by atoms with Crippen LogP contribution in [0.4, 0.5) is 5.82 Å². The van der Waals surface area contributed by atoms with Crippen molar-refractivity contribution in [2.24, 2.45) is 5.41 Å². The summed E-state index contributed by atoms with van der Waals surface area (Å²) in [7, 11) is 3.10. The second-order valence-corrected chi connectivity index (χ2v) is 8.34. The number of aromatic nitrogens is 3. The predicted molar refractivity (Wildman–Crippen MR) is 114 cm³/mol. The molecule has 2 aliphatic heterocycles. The van der Waals surface area contributed by atoms with Gasteiger partial charge in [-0.15, -0.1) is 10.2 Å². The standard InChI is InChI=1S/C22H28N6O3/c1-30-19-11-17(24-13-16(19)12-23)18(29)14-27-8-5-22(6-9-27)7-10-28(15-22)20-3-4-21(31-2)26-25-20/h3-4,11,13,18,29H,5-10,14-15H2,1-2H3. The maximum Gasteiger partial charge on any atom is 0.233 e. The van der Waals surface area contributed by atoms with Crippen LogP contribution >= 0.6 is 0 Å². The molecule has 0 aliphatic carbocycles. The van der Waals surface area contributed by atoms with Gasteiger partial charge >= 0.3 is 0 Å². The number of hydrogen-bond acceptors (Lipinski definition) is 9. The zero-order valence-corrected chi connectivity index (χ0v) is 18.0. The second kappa shape index (κ2) is 9.04. The average molecular weight is 425 g/mol. The van der Waals surface area contributed by atoms with Crippen LogP contribution in [-0.2, 0) is 0 Å². The van der Waals surface area contributed by atoms with Gasteiger partial charge in [-0.25, -0.2) is 0 Å². The molecule has 9 heteroatoms. The number of pyridine rings is 1. The Kier molecular flexibility index (Phi) is 6.20. The summed E-state index contributed by atoms with van der Waals surface area (Å²) in [4.78, 5) is 8.84. The van der Waals surface area contributed by atoms with Crippen LogP contribution in [0.25, 0.3) is 0 Å². The molecule has 0 radical (unpaired) electrons. The number of anilines is 1. The highest BCUT2D eigenvalue weighted by Gasteiger charge is 2.41. The molecule has 2 saturated heterocycles. The minimum atomic E-state index is -0.717. The third kappa shape index (κ3) is 4.55. The Bertz CT molecular complexity index is 937. The van der Waals surface area contributed by atoms with Crippen molar-refractivity contribution in [2.75, 3.05) is 51.8 Å². The van der Waals surface area contributed by atoms with E-state index in [1.54, 1.807) is 13.2 Å². The van der Waals surface area contributed by atoms with Gasteiger partial charge in [0.1, 0.15) is 23.5 Å². The first-order valence-corrected chi connectivity index (χ1v) is 10.5. The van der Waals surface area contributed by atoms with Gasteiger partial charge in [-0.1, -0.05) is 0 Å². The van der Waals surface area contributed by atoms with Crippen molar-refractivity contribution >= 4 is 5.82 Å². The zero-order valence-electron chi connectivity index (χ0n) is 18.0. The fourth-order valence-electron chi connectivity index (χ4n) is 4.56. The van der Waals surface area contributed by atoms with Crippen molar-refractivity contribution in [3.05, 3.63) is 35.7 Å². The number of ether oxygens (including phenoxy) is 2. The van der Waals surface area contributed by atoms with Crippen molar-refractivity contribution in [3.8, 4) is 17.7 Å². The summed E-state index contributed by atoms with van der Waals surface area (Å²) in [5, 5.41) is 28.2. The predicted octanol–water partition coefficient (Wildman–Crippen LogP) is 1.79. The molecule has 2 aromatic rings. The Labute approximate surface area is 182 Å². The molecule has 0 saturated carbocycles. The van der Waals surface area contributed by atoms with Gasteiger partial charge in [0, 0.05) is 38.0 Å². The Balaban J connectivity index is 1.32. The molecule has 2 aliphatic rings. The van der Waals surface area contributed by atoms with E-state index in [1.807, 2.05) is 18.2 Å². The molecule has 31 heavy (non-hydrogen) atoms. The zero-order chi connectivity index (χ0) is 21.8.